The molecule has 0 bridgehead atoms. The Kier molecular flexibility index (Phi) is 4.62. The first-order chi connectivity index (χ1) is 11.5. The summed E-state index contributed by atoms with van der Waals surface area (Å²) in [5.41, 5.74) is 3.66. The third-order valence-corrected chi connectivity index (χ3v) is 3.82. The molecule has 0 aliphatic heterocycles. The van der Waals surface area contributed by atoms with E-state index in [0.29, 0.717) is 22.9 Å². The molecule has 0 aliphatic carbocycles. The van der Waals surface area contributed by atoms with Crippen molar-refractivity contribution in [3.8, 4) is 0 Å². The summed E-state index contributed by atoms with van der Waals surface area (Å²) in [4.78, 5) is 16.4. The molecule has 0 unspecified atom stereocenters. The van der Waals surface area contributed by atoms with Crippen LogP contribution in [0.3, 0.4) is 0 Å². The maximum atomic E-state index is 12.4. The Balaban J connectivity index is 1.75. The number of hydrogen-bond acceptors (Lipinski definition) is 3. The second-order valence-corrected chi connectivity index (χ2v) is 6.04. The van der Waals surface area contributed by atoms with E-state index in [1.807, 2.05) is 42.8 Å². The lowest BCUT2D eigenvalue weighted by Gasteiger charge is -2.08. The molecule has 5 nitrogen and oxygen atoms in total. The van der Waals surface area contributed by atoms with Crippen LogP contribution >= 0.6 is 11.6 Å². The van der Waals surface area contributed by atoms with E-state index < -0.39 is 0 Å². The van der Waals surface area contributed by atoms with E-state index in [9.17, 15) is 4.79 Å². The summed E-state index contributed by atoms with van der Waals surface area (Å²) in [5.74, 6) is 0.258. The van der Waals surface area contributed by atoms with Gasteiger partial charge in [-0.3, -0.25) is 9.48 Å². The number of aromatic nitrogens is 3. The highest BCUT2D eigenvalue weighted by atomic mass is 35.5. The van der Waals surface area contributed by atoms with E-state index in [1.54, 1.807) is 18.2 Å². The first-order valence-corrected chi connectivity index (χ1v) is 7.92. The summed E-state index contributed by atoms with van der Waals surface area (Å²) in [7, 11) is 0. The van der Waals surface area contributed by atoms with Crippen LogP contribution in [-0.2, 0) is 6.54 Å². The topological polar surface area (TPSA) is 59.8 Å². The highest BCUT2D eigenvalue weighted by molar-refractivity contribution is 6.30. The summed E-state index contributed by atoms with van der Waals surface area (Å²) in [6.07, 6.45) is 1.50. The van der Waals surface area contributed by atoms with E-state index in [2.05, 4.69) is 15.4 Å². The number of nitrogens with one attached hydrogen (secondary N) is 1. The van der Waals surface area contributed by atoms with E-state index in [-0.39, 0.29) is 5.91 Å². The number of halogens is 1. The summed E-state index contributed by atoms with van der Waals surface area (Å²) >= 11 is 5.79. The predicted molar refractivity (Wildman–Crippen MR) is 94.4 cm³/mol. The van der Waals surface area contributed by atoms with Gasteiger partial charge < -0.3 is 5.32 Å². The number of aryl methyl sites for hydroxylation is 2. The Morgan fingerprint density at radius 3 is 2.71 bits per heavy atom. The largest absolute Gasteiger partial charge is 0.307 e. The van der Waals surface area contributed by atoms with Gasteiger partial charge in [0.25, 0.3) is 5.91 Å². The van der Waals surface area contributed by atoms with E-state index in [0.717, 1.165) is 17.0 Å². The fraction of sp³-hybridized carbons (Fsp3) is 0.167. The summed E-state index contributed by atoms with van der Waals surface area (Å²) in [5, 5.41) is 7.74. The summed E-state index contributed by atoms with van der Waals surface area (Å²) < 4.78 is 1.92. The van der Waals surface area contributed by atoms with Gasteiger partial charge in [-0.25, -0.2) is 4.98 Å². The van der Waals surface area contributed by atoms with Gasteiger partial charge in [0.15, 0.2) is 0 Å². The van der Waals surface area contributed by atoms with Crippen molar-refractivity contribution in [2.24, 2.45) is 0 Å². The number of amides is 1. The average molecular weight is 341 g/mol. The van der Waals surface area contributed by atoms with Gasteiger partial charge in [0.2, 0.25) is 0 Å². The zero-order chi connectivity index (χ0) is 17.1. The zero-order valence-corrected chi connectivity index (χ0v) is 14.2. The molecule has 0 saturated heterocycles. The standard InChI is InChI=1S/C18H17ClN4O/c1-12-8-13(2)23(22-12)11-14-4-3-5-15(9-14)18(24)21-17-7-6-16(19)10-20-17/h3-10H,11H2,1-2H3,(H,20,21,24). The monoisotopic (exact) mass is 340 g/mol. The van der Waals surface area contributed by atoms with E-state index in [1.165, 1.54) is 6.20 Å². The molecule has 24 heavy (non-hydrogen) atoms. The van der Waals surface area contributed by atoms with Crippen molar-refractivity contribution >= 4 is 23.3 Å². The number of anilines is 1. The van der Waals surface area contributed by atoms with Crippen molar-refractivity contribution in [3.05, 3.63) is 76.2 Å². The van der Waals surface area contributed by atoms with Crippen molar-refractivity contribution in [1.29, 1.82) is 0 Å². The molecule has 3 aromatic rings. The second-order valence-electron chi connectivity index (χ2n) is 5.60. The number of benzene rings is 1. The van der Waals surface area contributed by atoms with Crippen molar-refractivity contribution in [2.75, 3.05) is 5.32 Å². The molecule has 0 fully saturated rings. The molecule has 2 aromatic heterocycles. The molecule has 6 heteroatoms. The number of pyridine rings is 1. The van der Waals surface area contributed by atoms with Gasteiger partial charge in [-0.15, -0.1) is 0 Å². The third-order valence-electron chi connectivity index (χ3n) is 3.59. The van der Waals surface area contributed by atoms with Gasteiger partial charge in [0, 0.05) is 17.5 Å². The fourth-order valence-corrected chi connectivity index (χ4v) is 2.57. The van der Waals surface area contributed by atoms with Crippen LogP contribution in [0.1, 0.15) is 27.3 Å². The van der Waals surface area contributed by atoms with E-state index in [4.69, 9.17) is 11.6 Å². The van der Waals surface area contributed by atoms with Crippen LogP contribution in [0, 0.1) is 13.8 Å². The Morgan fingerprint density at radius 1 is 1.21 bits per heavy atom. The van der Waals surface area contributed by atoms with Crippen LogP contribution in [0.5, 0.6) is 0 Å². The van der Waals surface area contributed by atoms with Crippen molar-refractivity contribution in [2.45, 2.75) is 20.4 Å². The molecule has 0 atom stereocenters. The predicted octanol–water partition coefficient (Wildman–Crippen LogP) is 3.85. The highest BCUT2D eigenvalue weighted by Gasteiger charge is 2.09. The minimum Gasteiger partial charge on any atom is -0.307 e. The van der Waals surface area contributed by atoms with Crippen LogP contribution < -0.4 is 5.32 Å². The van der Waals surface area contributed by atoms with Gasteiger partial charge in [-0.2, -0.15) is 5.10 Å². The van der Waals surface area contributed by atoms with Gasteiger partial charge in [-0.1, -0.05) is 23.7 Å². The number of rotatable bonds is 4. The summed E-state index contributed by atoms with van der Waals surface area (Å²) in [6, 6.07) is 12.9. The maximum Gasteiger partial charge on any atom is 0.256 e. The molecule has 0 radical (unpaired) electrons. The van der Waals surface area contributed by atoms with Crippen molar-refractivity contribution in [1.82, 2.24) is 14.8 Å². The molecule has 122 valence electrons. The summed E-state index contributed by atoms with van der Waals surface area (Å²) in [6.45, 7) is 4.61. The SMILES string of the molecule is Cc1cc(C)n(Cc2cccc(C(=O)Nc3ccc(Cl)cn3)c2)n1. The zero-order valence-electron chi connectivity index (χ0n) is 13.5. The van der Waals surface area contributed by atoms with Gasteiger partial charge in [0.05, 0.1) is 17.3 Å². The molecule has 0 spiro atoms. The number of hydrogen-bond donors (Lipinski definition) is 1. The minimum atomic E-state index is -0.208. The fourth-order valence-electron chi connectivity index (χ4n) is 2.46. The lowest BCUT2D eigenvalue weighted by molar-refractivity contribution is 0.102. The maximum absolute atomic E-state index is 12.4. The van der Waals surface area contributed by atoms with Crippen LogP contribution in [0.4, 0.5) is 5.82 Å². The average Bonchev–Trinajstić information content (AvgIpc) is 2.87. The van der Waals surface area contributed by atoms with Crippen molar-refractivity contribution in [3.63, 3.8) is 0 Å². The Morgan fingerprint density at radius 2 is 2.04 bits per heavy atom. The molecule has 1 amide bonds. The van der Waals surface area contributed by atoms with Gasteiger partial charge >= 0.3 is 0 Å². The number of carbonyl (C=O) groups excluding carboxylic acids is 1. The highest BCUT2D eigenvalue weighted by Crippen LogP contribution is 2.13. The molecule has 2 heterocycles. The second kappa shape index (κ2) is 6.84. The Bertz CT molecular complexity index is 871. The first-order valence-electron chi connectivity index (χ1n) is 7.54. The van der Waals surface area contributed by atoms with Crippen LogP contribution in [0.15, 0.2) is 48.7 Å². The van der Waals surface area contributed by atoms with Gasteiger partial charge in [0.1, 0.15) is 5.82 Å². The molecular weight excluding hydrogens is 324 g/mol. The normalized spacial score (nSPS) is 10.6. The molecule has 1 aromatic carbocycles. The first kappa shape index (κ1) is 16.2. The lowest BCUT2D eigenvalue weighted by Crippen LogP contribution is -2.13. The molecule has 3 rings (SSSR count). The van der Waals surface area contributed by atoms with Crippen LogP contribution in [-0.4, -0.2) is 20.7 Å². The molecule has 0 aliphatic rings. The number of carbonyl (C=O) groups is 1. The third kappa shape index (κ3) is 3.81. The van der Waals surface area contributed by atoms with E-state index >= 15 is 0 Å². The Hall–Kier alpha value is -2.66. The minimum absolute atomic E-state index is 0.208. The number of nitrogens with zero attached hydrogens (tertiary/aromatic N) is 3. The quantitative estimate of drug-likeness (QED) is 0.784. The molecular formula is C18H17ClN4O. The van der Waals surface area contributed by atoms with Crippen LogP contribution in [0.25, 0.3) is 0 Å². The van der Waals surface area contributed by atoms with Crippen molar-refractivity contribution < 1.29 is 4.79 Å². The molecule has 1 N–H and O–H groups in total. The molecule has 0 saturated carbocycles. The van der Waals surface area contributed by atoms with Crippen LogP contribution in [0.2, 0.25) is 5.02 Å². The smallest absolute Gasteiger partial charge is 0.256 e. The lowest BCUT2D eigenvalue weighted by atomic mass is 10.1. The van der Waals surface area contributed by atoms with Gasteiger partial charge in [-0.05, 0) is 49.7 Å². The Labute approximate surface area is 145 Å².